The van der Waals surface area contributed by atoms with Crippen molar-refractivity contribution >= 4 is 60.8 Å². The number of ether oxygens (including phenoxy) is 5. The number of amides is 5. The second kappa shape index (κ2) is 32.6. The summed E-state index contributed by atoms with van der Waals surface area (Å²) in [5.41, 5.74) is 8.79. The van der Waals surface area contributed by atoms with Crippen LogP contribution < -0.4 is 4.90 Å². The Morgan fingerprint density at radius 3 is 1.55 bits per heavy atom. The number of para-hydroxylation sites is 1. The largest absolute Gasteiger partial charge is 0.453 e. The van der Waals surface area contributed by atoms with E-state index in [0.29, 0.717) is 97.9 Å². The molecule has 3 N–H and O–H groups in total. The van der Waals surface area contributed by atoms with Gasteiger partial charge in [0.15, 0.2) is 0 Å². The number of benzene rings is 3. The third kappa shape index (κ3) is 17.9. The maximum Gasteiger partial charge on any atom is 0.414 e. The molecule has 23 heteroatoms. The van der Waals surface area contributed by atoms with E-state index in [4.69, 9.17) is 23.7 Å². The van der Waals surface area contributed by atoms with Crippen molar-refractivity contribution in [1.29, 1.82) is 0 Å². The molecule has 0 aliphatic carbocycles. The molecule has 12 rings (SSSR count). The highest BCUT2D eigenvalue weighted by atomic mass is 32.1. The minimum absolute atomic E-state index is 0. The molecule has 8 aliphatic rings. The minimum Gasteiger partial charge on any atom is -0.453 e. The fraction of sp³-hybridized carbons (Fsp3) is 0.585. The summed E-state index contributed by atoms with van der Waals surface area (Å²) < 4.78 is 26.4. The standard InChI is InChI=1S/C25H35N3O5.C20H29N3O5.C20H24N2O3S.H2S/c29-23(14-26-10-7-18-3-1-2-4-20(18)13-26)17-33-25(31)27-11-8-19(9-12-27)24(30)28-21-5-6-22(28)16-32-15-21;1-27-19(25)22-8-4-9-23(12-11-22)20(26)28-15-18(24)14-21-10-7-16-5-2-3-6-17(16)13-21;23-17(13-21-10-7-19-16(12-21)8-11-26-19)14-25-20(24)22-9-3-5-15-4-1-2-6-18(15)22;/h1-4,19,21-23,29H,5-17H2;2-3,5-6,18,24H,4,7-15H2,1H3;1-2,4,6,8,11,17,23H,3,5,7,9-10,12-14H2;1H2/t21?,22?,23-;;;/m0.../s1. The number of aryl methyl sites for hydroxylation is 1. The first-order valence-electron chi connectivity index (χ1n) is 31.3. The van der Waals surface area contributed by atoms with E-state index in [2.05, 4.69) is 73.5 Å². The average molecular weight is 1260 g/mol. The Bertz CT molecular complexity index is 2920. The molecule has 0 radical (unpaired) electrons. The number of fused-ring (bicyclic) bond motifs is 6. The lowest BCUT2D eigenvalue weighted by Gasteiger charge is -2.39. The summed E-state index contributed by atoms with van der Waals surface area (Å²) in [5.74, 6) is 0.208. The molecular weight excluding hydrogens is 1160 g/mol. The summed E-state index contributed by atoms with van der Waals surface area (Å²) in [5, 5.41) is 33.1. The van der Waals surface area contributed by atoms with Gasteiger partial charge in [-0.15, -0.1) is 11.3 Å². The molecule has 3 aromatic carbocycles. The lowest BCUT2D eigenvalue weighted by molar-refractivity contribution is -0.147. The van der Waals surface area contributed by atoms with Crippen molar-refractivity contribution in [2.75, 3.05) is 130 Å². The number of carbonyl (C=O) groups excluding carboxylic acids is 5. The van der Waals surface area contributed by atoms with Crippen LogP contribution in [0, 0.1) is 5.92 Å². The van der Waals surface area contributed by atoms with Crippen LogP contribution in [0.15, 0.2) is 84.2 Å². The fourth-order valence-electron chi connectivity index (χ4n) is 13.3. The molecule has 0 saturated carbocycles. The topological polar surface area (TPSA) is 218 Å². The van der Waals surface area contributed by atoms with Gasteiger partial charge in [0.05, 0.1) is 38.1 Å². The Balaban J connectivity index is 0.000000157. The van der Waals surface area contributed by atoms with Crippen molar-refractivity contribution < 1.29 is 63.0 Å². The summed E-state index contributed by atoms with van der Waals surface area (Å²) >= 11 is 1.81. The smallest absolute Gasteiger partial charge is 0.414 e. The number of piperidine rings is 1. The number of carbonyl (C=O) groups is 5. The first-order chi connectivity index (χ1) is 42.3. The first-order valence-corrected chi connectivity index (χ1v) is 32.2. The third-order valence-corrected chi connectivity index (χ3v) is 19.0. The Labute approximate surface area is 528 Å². The zero-order valence-electron chi connectivity index (χ0n) is 50.9. The van der Waals surface area contributed by atoms with Gasteiger partial charge in [0.2, 0.25) is 5.91 Å². The van der Waals surface area contributed by atoms with Crippen LogP contribution in [0.4, 0.5) is 24.9 Å². The van der Waals surface area contributed by atoms with Crippen LogP contribution in [-0.4, -0.2) is 236 Å². The molecule has 480 valence electrons. The van der Waals surface area contributed by atoms with Crippen molar-refractivity contribution in [3.8, 4) is 0 Å². The van der Waals surface area contributed by atoms with E-state index in [1.165, 1.54) is 45.4 Å². The molecule has 4 saturated heterocycles. The van der Waals surface area contributed by atoms with Gasteiger partial charge in [-0.25, -0.2) is 19.2 Å². The zero-order chi connectivity index (χ0) is 60.7. The van der Waals surface area contributed by atoms with Crippen LogP contribution in [-0.2, 0) is 73.8 Å². The van der Waals surface area contributed by atoms with Gasteiger partial charge < -0.3 is 58.6 Å². The summed E-state index contributed by atoms with van der Waals surface area (Å²) in [6.07, 6.45) is 5.27. The Kier molecular flexibility index (Phi) is 24.6. The number of β-amino-alcohol motifs (C(OH)–C–C–N with tert-alkyl or cyclic N) is 3. The number of aliphatic hydroxyl groups is 3. The quantitative estimate of drug-likeness (QED) is 0.128. The summed E-state index contributed by atoms with van der Waals surface area (Å²) in [6, 6.07) is 27.3. The molecular formula is C65H90N8O13S2. The lowest BCUT2D eigenvalue weighted by Crippen LogP contribution is -2.53. The molecule has 88 heavy (non-hydrogen) atoms. The van der Waals surface area contributed by atoms with Crippen molar-refractivity contribution in [2.24, 2.45) is 5.92 Å². The molecule has 4 unspecified atom stereocenters. The normalized spacial score (nSPS) is 21.3. The van der Waals surface area contributed by atoms with E-state index >= 15 is 0 Å². The van der Waals surface area contributed by atoms with Crippen LogP contribution in [0.2, 0.25) is 0 Å². The van der Waals surface area contributed by atoms with Gasteiger partial charge in [0.25, 0.3) is 0 Å². The number of morpholine rings is 1. The summed E-state index contributed by atoms with van der Waals surface area (Å²) in [7, 11) is 1.35. The minimum atomic E-state index is -0.729. The highest BCUT2D eigenvalue weighted by molar-refractivity contribution is 7.59. The van der Waals surface area contributed by atoms with E-state index in [-0.39, 0.29) is 69.4 Å². The second-order valence-electron chi connectivity index (χ2n) is 24.2. The van der Waals surface area contributed by atoms with Gasteiger partial charge >= 0.3 is 24.4 Å². The number of hydrogen-bond acceptors (Lipinski definition) is 17. The lowest BCUT2D eigenvalue weighted by atomic mass is 9.94. The summed E-state index contributed by atoms with van der Waals surface area (Å²) in [6.45, 7) is 11.6. The van der Waals surface area contributed by atoms with Crippen molar-refractivity contribution in [2.45, 2.75) is 114 Å². The maximum absolute atomic E-state index is 13.1. The molecule has 5 amide bonds. The predicted octanol–water partition coefficient (Wildman–Crippen LogP) is 6.13. The molecule has 1 aromatic heterocycles. The number of nitrogens with zero attached hydrogens (tertiary/aromatic N) is 8. The fourth-order valence-corrected chi connectivity index (χ4v) is 14.2. The second-order valence-corrected chi connectivity index (χ2v) is 25.2. The predicted molar refractivity (Wildman–Crippen MR) is 338 cm³/mol. The van der Waals surface area contributed by atoms with E-state index in [9.17, 15) is 39.3 Å². The number of rotatable bonds is 13. The van der Waals surface area contributed by atoms with Gasteiger partial charge in [-0.05, 0) is 115 Å². The summed E-state index contributed by atoms with van der Waals surface area (Å²) in [4.78, 5) is 78.6. The highest BCUT2D eigenvalue weighted by Gasteiger charge is 2.43. The van der Waals surface area contributed by atoms with E-state index in [0.717, 1.165) is 89.9 Å². The van der Waals surface area contributed by atoms with Gasteiger partial charge in [-0.3, -0.25) is 24.4 Å². The van der Waals surface area contributed by atoms with Gasteiger partial charge in [0.1, 0.15) is 38.1 Å². The number of methoxy groups -OCH3 is 1. The number of thiophene rings is 1. The number of anilines is 1. The van der Waals surface area contributed by atoms with Crippen molar-refractivity contribution in [3.63, 3.8) is 0 Å². The Morgan fingerprint density at radius 2 is 0.989 bits per heavy atom. The molecule has 21 nitrogen and oxygen atoms in total. The first kappa shape index (κ1) is 66.4. The van der Waals surface area contributed by atoms with Gasteiger partial charge in [-0.1, -0.05) is 66.7 Å². The SMILES string of the molecule is COC(=O)N1CCCN(C(=O)OCC(O)CN2CCc3ccccc3C2)CC1.O=C(OCC(O)CN1CCc2sccc2C1)N1CCCc2ccccc21.O=C(OC[C@@H](O)CN1CCc2ccccc2C1)N1CCC(C(=O)N2C3CCC2COC3)CC1.S. The monoisotopic (exact) mass is 1250 g/mol. The molecule has 4 aromatic rings. The van der Waals surface area contributed by atoms with Crippen LogP contribution in [0.3, 0.4) is 0 Å². The number of likely N-dealkylation sites (tertiary alicyclic amines) is 1. The van der Waals surface area contributed by atoms with Crippen LogP contribution in [0.5, 0.6) is 0 Å². The molecule has 2 bridgehead atoms. The van der Waals surface area contributed by atoms with Crippen LogP contribution >= 0.6 is 24.8 Å². The van der Waals surface area contributed by atoms with E-state index in [1.54, 1.807) is 30.9 Å². The zero-order valence-corrected chi connectivity index (χ0v) is 52.7. The van der Waals surface area contributed by atoms with Gasteiger partial charge in [-0.2, -0.15) is 13.5 Å². The van der Waals surface area contributed by atoms with Crippen molar-refractivity contribution in [1.82, 2.24) is 34.3 Å². The Morgan fingerprint density at radius 1 is 0.511 bits per heavy atom. The van der Waals surface area contributed by atoms with E-state index in [1.807, 2.05) is 30.3 Å². The van der Waals surface area contributed by atoms with Crippen molar-refractivity contribution in [3.05, 3.63) is 123 Å². The Hall–Kier alpha value is -6.02. The maximum atomic E-state index is 13.1. The molecule has 8 aliphatic heterocycles. The van der Waals surface area contributed by atoms with Gasteiger partial charge in [0, 0.05) is 116 Å². The molecule has 0 spiro atoms. The average Bonchev–Trinajstić information content (AvgIpc) is 4.07. The number of hydrogen-bond donors (Lipinski definition) is 3. The molecule has 5 atom stereocenters. The number of aliphatic hydroxyl groups excluding tert-OH is 3. The van der Waals surface area contributed by atoms with E-state index < -0.39 is 30.5 Å². The highest BCUT2D eigenvalue weighted by Crippen LogP contribution is 2.33. The molecule has 9 heterocycles. The molecule has 4 fully saturated rings. The van der Waals surface area contributed by atoms with Crippen LogP contribution in [0.25, 0.3) is 0 Å². The third-order valence-electron chi connectivity index (χ3n) is 18.0. The van der Waals surface area contributed by atoms with Crippen LogP contribution in [0.1, 0.15) is 76.8 Å².